The number of piperidine rings is 1. The molecular weight excluding hydrogens is 300 g/mol. The fourth-order valence-corrected chi connectivity index (χ4v) is 4.06. The average molecular weight is 330 g/mol. The normalized spacial score (nSPS) is 25.5. The third-order valence-corrected chi connectivity index (χ3v) is 5.51. The number of carbonyl (C=O) groups is 1. The number of likely N-dealkylation sites (tertiary alicyclic amines) is 1. The fraction of sp³-hybridized carbons (Fsp3) is 0.650. The molecule has 1 amide bonds. The van der Waals surface area contributed by atoms with E-state index in [1.807, 2.05) is 4.90 Å². The second-order valence-electron chi connectivity index (χ2n) is 7.49. The number of carbonyl (C=O) groups excluding carboxylic acids is 1. The highest BCUT2D eigenvalue weighted by Gasteiger charge is 2.31. The number of aryl methyl sites for hydroxylation is 2. The van der Waals surface area contributed by atoms with Crippen molar-refractivity contribution < 1.29 is 9.53 Å². The van der Waals surface area contributed by atoms with Gasteiger partial charge in [-0.05, 0) is 44.2 Å². The number of benzene rings is 1. The summed E-state index contributed by atoms with van der Waals surface area (Å²) in [6.45, 7) is 5.79. The molecule has 0 unspecified atom stereocenters. The van der Waals surface area contributed by atoms with Crippen molar-refractivity contribution in [1.82, 2.24) is 4.90 Å². The van der Waals surface area contributed by atoms with Crippen LogP contribution in [0.3, 0.4) is 0 Å². The number of ether oxygens (including phenoxy) is 1. The third-order valence-electron chi connectivity index (χ3n) is 5.51. The molecule has 3 rings (SSSR count). The van der Waals surface area contributed by atoms with E-state index in [2.05, 4.69) is 32.0 Å². The average Bonchev–Trinajstić information content (AvgIpc) is 2.58. The molecule has 1 saturated heterocycles. The lowest BCUT2D eigenvalue weighted by atomic mass is 9.85. The smallest absolute Gasteiger partial charge is 0.225 e. The maximum atomic E-state index is 12.7. The summed E-state index contributed by atoms with van der Waals surface area (Å²) in [6.07, 6.45) is 6.06. The zero-order valence-electron chi connectivity index (χ0n) is 15.0. The Balaban J connectivity index is 1.53. The zero-order chi connectivity index (χ0) is 17.1. The van der Waals surface area contributed by atoms with Crippen molar-refractivity contribution in [3.05, 3.63) is 29.3 Å². The van der Waals surface area contributed by atoms with Gasteiger partial charge in [0.05, 0.1) is 0 Å². The van der Waals surface area contributed by atoms with Crippen LogP contribution in [0.25, 0.3) is 0 Å². The van der Waals surface area contributed by atoms with Gasteiger partial charge in [-0.1, -0.05) is 24.6 Å². The monoisotopic (exact) mass is 330 g/mol. The summed E-state index contributed by atoms with van der Waals surface area (Å²) < 4.78 is 6.25. The number of hydrogen-bond acceptors (Lipinski definition) is 3. The van der Waals surface area contributed by atoms with Crippen LogP contribution < -0.4 is 10.5 Å². The Morgan fingerprint density at radius 2 is 1.79 bits per heavy atom. The highest BCUT2D eigenvalue weighted by atomic mass is 16.5. The minimum Gasteiger partial charge on any atom is -0.490 e. The molecule has 1 aromatic rings. The molecule has 2 fully saturated rings. The topological polar surface area (TPSA) is 55.6 Å². The van der Waals surface area contributed by atoms with Gasteiger partial charge < -0.3 is 15.4 Å². The van der Waals surface area contributed by atoms with Gasteiger partial charge in [-0.25, -0.2) is 0 Å². The van der Waals surface area contributed by atoms with E-state index < -0.39 is 0 Å². The highest BCUT2D eigenvalue weighted by Crippen LogP contribution is 2.29. The maximum absolute atomic E-state index is 12.7. The largest absolute Gasteiger partial charge is 0.490 e. The molecule has 2 aliphatic rings. The first-order chi connectivity index (χ1) is 11.5. The molecule has 0 radical (unpaired) electrons. The summed E-state index contributed by atoms with van der Waals surface area (Å²) >= 11 is 0. The molecule has 2 atom stereocenters. The Labute approximate surface area is 145 Å². The molecular formula is C20H30N2O2. The molecule has 1 aliphatic heterocycles. The minimum atomic E-state index is 0.143. The van der Waals surface area contributed by atoms with E-state index in [4.69, 9.17) is 10.5 Å². The van der Waals surface area contributed by atoms with Crippen molar-refractivity contribution in [3.63, 3.8) is 0 Å². The summed E-state index contributed by atoms with van der Waals surface area (Å²) in [6, 6.07) is 6.45. The Kier molecular flexibility index (Phi) is 5.44. The van der Waals surface area contributed by atoms with Gasteiger partial charge >= 0.3 is 0 Å². The third kappa shape index (κ3) is 3.92. The van der Waals surface area contributed by atoms with Crippen LogP contribution in [0.15, 0.2) is 18.2 Å². The van der Waals surface area contributed by atoms with Gasteiger partial charge in [0.2, 0.25) is 5.91 Å². The van der Waals surface area contributed by atoms with E-state index in [9.17, 15) is 4.79 Å². The first kappa shape index (κ1) is 17.3. The Morgan fingerprint density at radius 1 is 1.12 bits per heavy atom. The lowest BCUT2D eigenvalue weighted by molar-refractivity contribution is -0.138. The van der Waals surface area contributed by atoms with Crippen molar-refractivity contribution in [1.29, 1.82) is 0 Å². The molecule has 1 aromatic carbocycles. The van der Waals surface area contributed by atoms with Gasteiger partial charge in [-0.15, -0.1) is 0 Å². The van der Waals surface area contributed by atoms with Crippen molar-refractivity contribution in [2.45, 2.75) is 64.5 Å². The quantitative estimate of drug-likeness (QED) is 0.926. The summed E-state index contributed by atoms with van der Waals surface area (Å²) in [7, 11) is 0. The number of para-hydroxylation sites is 1. The predicted molar refractivity (Wildman–Crippen MR) is 96.1 cm³/mol. The van der Waals surface area contributed by atoms with Gasteiger partial charge in [-0.2, -0.15) is 0 Å². The van der Waals surface area contributed by atoms with E-state index in [1.54, 1.807) is 0 Å². The SMILES string of the molecule is Cc1cccc(C)c1OC1CCN(C(=O)[C@H]2CCC[C@@H](N)C2)CC1. The van der Waals surface area contributed by atoms with Gasteiger partial charge in [0.15, 0.2) is 0 Å². The minimum absolute atomic E-state index is 0.143. The number of nitrogens with two attached hydrogens (primary N) is 1. The van der Waals surface area contributed by atoms with Crippen molar-refractivity contribution in [3.8, 4) is 5.75 Å². The van der Waals surface area contributed by atoms with Gasteiger partial charge in [0, 0.05) is 37.9 Å². The van der Waals surface area contributed by atoms with E-state index in [1.165, 1.54) is 11.1 Å². The van der Waals surface area contributed by atoms with Crippen LogP contribution in [0.4, 0.5) is 0 Å². The van der Waals surface area contributed by atoms with Crippen molar-refractivity contribution in [2.24, 2.45) is 11.7 Å². The first-order valence-corrected chi connectivity index (χ1v) is 9.32. The molecule has 132 valence electrons. The number of hydrogen-bond donors (Lipinski definition) is 1. The molecule has 1 heterocycles. The van der Waals surface area contributed by atoms with E-state index in [0.717, 1.165) is 57.4 Å². The number of rotatable bonds is 3. The van der Waals surface area contributed by atoms with Crippen LogP contribution in [0.5, 0.6) is 5.75 Å². The predicted octanol–water partition coefficient (Wildman–Crippen LogP) is 3.19. The molecule has 0 bridgehead atoms. The zero-order valence-corrected chi connectivity index (χ0v) is 15.0. The van der Waals surface area contributed by atoms with E-state index >= 15 is 0 Å². The van der Waals surface area contributed by atoms with Crippen LogP contribution in [0.1, 0.15) is 49.7 Å². The molecule has 0 spiro atoms. The van der Waals surface area contributed by atoms with Crippen LogP contribution in [0, 0.1) is 19.8 Å². The summed E-state index contributed by atoms with van der Waals surface area (Å²) in [5, 5.41) is 0. The van der Waals surface area contributed by atoms with Crippen LogP contribution in [0.2, 0.25) is 0 Å². The maximum Gasteiger partial charge on any atom is 0.225 e. The van der Waals surface area contributed by atoms with Crippen LogP contribution >= 0.6 is 0 Å². The molecule has 2 N–H and O–H groups in total. The summed E-state index contributed by atoms with van der Waals surface area (Å²) in [5.74, 6) is 1.47. The summed E-state index contributed by atoms with van der Waals surface area (Å²) in [5.41, 5.74) is 8.41. The molecule has 0 aromatic heterocycles. The second-order valence-corrected chi connectivity index (χ2v) is 7.49. The molecule has 4 nitrogen and oxygen atoms in total. The van der Waals surface area contributed by atoms with Crippen LogP contribution in [-0.2, 0) is 4.79 Å². The molecule has 24 heavy (non-hydrogen) atoms. The van der Waals surface area contributed by atoms with Gasteiger partial charge in [0.25, 0.3) is 0 Å². The van der Waals surface area contributed by atoms with Crippen molar-refractivity contribution >= 4 is 5.91 Å². The standard InChI is InChI=1S/C20H30N2O2/c1-14-5-3-6-15(2)19(14)24-18-9-11-22(12-10-18)20(23)16-7-4-8-17(21)13-16/h3,5-6,16-18H,4,7-13,21H2,1-2H3/t16-,17+/m0/s1. The summed E-state index contributed by atoms with van der Waals surface area (Å²) in [4.78, 5) is 14.7. The molecule has 4 heteroatoms. The molecule has 1 aliphatic carbocycles. The Hall–Kier alpha value is -1.55. The lowest BCUT2D eigenvalue weighted by Crippen LogP contribution is -2.46. The van der Waals surface area contributed by atoms with Crippen LogP contribution in [-0.4, -0.2) is 36.0 Å². The highest BCUT2D eigenvalue weighted by molar-refractivity contribution is 5.79. The van der Waals surface area contributed by atoms with E-state index in [0.29, 0.717) is 5.91 Å². The van der Waals surface area contributed by atoms with Gasteiger partial charge in [-0.3, -0.25) is 4.79 Å². The van der Waals surface area contributed by atoms with Gasteiger partial charge in [0.1, 0.15) is 11.9 Å². The lowest BCUT2D eigenvalue weighted by Gasteiger charge is -2.36. The Bertz CT molecular complexity index is 559. The first-order valence-electron chi connectivity index (χ1n) is 9.32. The Morgan fingerprint density at radius 3 is 2.42 bits per heavy atom. The van der Waals surface area contributed by atoms with E-state index in [-0.39, 0.29) is 18.1 Å². The van der Waals surface area contributed by atoms with Crippen molar-refractivity contribution in [2.75, 3.05) is 13.1 Å². The second kappa shape index (κ2) is 7.56. The number of amides is 1. The fourth-order valence-electron chi connectivity index (χ4n) is 4.06. The molecule has 1 saturated carbocycles. The number of nitrogens with zero attached hydrogens (tertiary/aromatic N) is 1.